The molecule has 0 bridgehead atoms. The van der Waals surface area contributed by atoms with E-state index in [2.05, 4.69) is 15.3 Å². The van der Waals surface area contributed by atoms with Gasteiger partial charge >= 0.3 is 0 Å². The van der Waals surface area contributed by atoms with Gasteiger partial charge in [0.2, 0.25) is 5.91 Å². The number of rotatable bonds is 5. The number of hydrogen-bond donors (Lipinski definition) is 1. The number of likely N-dealkylation sites (tertiary alicyclic amines) is 1. The summed E-state index contributed by atoms with van der Waals surface area (Å²) < 4.78 is 5.97. The molecule has 0 saturated carbocycles. The first-order valence-electron chi connectivity index (χ1n) is 9.12. The first-order chi connectivity index (χ1) is 13.1. The summed E-state index contributed by atoms with van der Waals surface area (Å²) in [6, 6.07) is 7.30. The van der Waals surface area contributed by atoms with E-state index in [9.17, 15) is 9.59 Å². The molecule has 7 nitrogen and oxygen atoms in total. The summed E-state index contributed by atoms with van der Waals surface area (Å²) in [5, 5.41) is 2.94. The average Bonchev–Trinajstić information content (AvgIpc) is 3.10. The van der Waals surface area contributed by atoms with E-state index < -0.39 is 0 Å². The van der Waals surface area contributed by atoms with Gasteiger partial charge in [0.1, 0.15) is 5.60 Å². The molecule has 2 fully saturated rings. The Labute approximate surface area is 157 Å². The first kappa shape index (κ1) is 17.6. The fourth-order valence-corrected chi connectivity index (χ4v) is 3.79. The van der Waals surface area contributed by atoms with Gasteiger partial charge in [-0.15, -0.1) is 0 Å². The monoisotopic (exact) mass is 366 g/mol. The van der Waals surface area contributed by atoms with Crippen LogP contribution in [0.2, 0.25) is 0 Å². The van der Waals surface area contributed by atoms with E-state index in [1.54, 1.807) is 41.8 Å². The Hall–Kier alpha value is -2.80. The molecule has 1 N–H and O–H groups in total. The van der Waals surface area contributed by atoms with Crippen molar-refractivity contribution in [2.75, 3.05) is 19.7 Å². The van der Waals surface area contributed by atoms with Gasteiger partial charge in [-0.3, -0.25) is 19.6 Å². The molecule has 4 rings (SSSR count). The Morgan fingerprint density at radius 2 is 2.00 bits per heavy atom. The van der Waals surface area contributed by atoms with E-state index >= 15 is 0 Å². The van der Waals surface area contributed by atoms with Gasteiger partial charge < -0.3 is 15.0 Å². The predicted octanol–water partition coefficient (Wildman–Crippen LogP) is 1.41. The number of ether oxygens (including phenoxy) is 1. The van der Waals surface area contributed by atoms with Gasteiger partial charge in [0.25, 0.3) is 5.91 Å². The zero-order valence-corrected chi connectivity index (χ0v) is 15.0. The number of hydrogen-bond acceptors (Lipinski definition) is 5. The van der Waals surface area contributed by atoms with E-state index in [4.69, 9.17) is 4.74 Å². The van der Waals surface area contributed by atoms with Crippen LogP contribution in [0.5, 0.6) is 0 Å². The molecule has 0 radical (unpaired) electrons. The van der Waals surface area contributed by atoms with Gasteiger partial charge in [-0.1, -0.05) is 0 Å². The maximum atomic E-state index is 12.4. The van der Waals surface area contributed by atoms with Gasteiger partial charge in [-0.25, -0.2) is 0 Å². The maximum absolute atomic E-state index is 12.4. The molecular weight excluding hydrogens is 344 g/mol. The van der Waals surface area contributed by atoms with Gasteiger partial charge in [-0.05, 0) is 42.2 Å². The second-order valence-electron chi connectivity index (χ2n) is 7.30. The van der Waals surface area contributed by atoms with E-state index in [-0.39, 0.29) is 23.3 Å². The van der Waals surface area contributed by atoms with E-state index in [1.165, 1.54) is 0 Å². The Balaban J connectivity index is 1.23. The number of nitrogens with one attached hydrogen (secondary N) is 1. The van der Waals surface area contributed by atoms with Crippen LogP contribution in [-0.4, -0.2) is 52.0 Å². The van der Waals surface area contributed by atoms with Crippen LogP contribution in [-0.2, 0) is 16.1 Å². The highest BCUT2D eigenvalue weighted by atomic mass is 16.5. The molecule has 2 saturated heterocycles. The van der Waals surface area contributed by atoms with Gasteiger partial charge in [0.05, 0.1) is 25.3 Å². The van der Waals surface area contributed by atoms with Crippen molar-refractivity contribution in [1.29, 1.82) is 0 Å². The molecule has 2 aliphatic heterocycles. The second-order valence-corrected chi connectivity index (χ2v) is 7.30. The largest absolute Gasteiger partial charge is 0.371 e. The molecule has 0 aliphatic carbocycles. The molecule has 0 aromatic carbocycles. The fourth-order valence-electron chi connectivity index (χ4n) is 3.79. The number of carbonyl (C=O) groups is 2. The molecule has 2 aromatic heterocycles. The van der Waals surface area contributed by atoms with Crippen LogP contribution in [0.3, 0.4) is 0 Å². The lowest BCUT2D eigenvalue weighted by Crippen LogP contribution is -2.63. The van der Waals surface area contributed by atoms with Crippen molar-refractivity contribution < 1.29 is 14.3 Å². The summed E-state index contributed by atoms with van der Waals surface area (Å²) in [7, 11) is 0. The third-order valence-corrected chi connectivity index (χ3v) is 5.15. The summed E-state index contributed by atoms with van der Waals surface area (Å²) in [6.07, 6.45) is 7.92. The number of pyridine rings is 2. The Bertz CT molecular complexity index is 806. The molecule has 4 heterocycles. The molecule has 140 valence electrons. The smallest absolute Gasteiger partial charge is 0.255 e. The fraction of sp³-hybridized carbons (Fsp3) is 0.400. The summed E-state index contributed by atoms with van der Waals surface area (Å²) in [6.45, 7) is 2.23. The average molecular weight is 366 g/mol. The second kappa shape index (κ2) is 7.44. The predicted molar refractivity (Wildman–Crippen MR) is 97.6 cm³/mol. The number of aromatic nitrogens is 2. The lowest BCUT2D eigenvalue weighted by Gasteiger charge is -2.47. The third-order valence-electron chi connectivity index (χ3n) is 5.15. The van der Waals surface area contributed by atoms with Crippen molar-refractivity contribution >= 4 is 11.8 Å². The minimum absolute atomic E-state index is 0.0177. The molecule has 1 unspecified atom stereocenters. The minimum atomic E-state index is -0.284. The van der Waals surface area contributed by atoms with E-state index in [0.29, 0.717) is 38.2 Å². The van der Waals surface area contributed by atoms with Crippen molar-refractivity contribution in [3.05, 3.63) is 60.2 Å². The van der Waals surface area contributed by atoms with Gasteiger partial charge in [0.15, 0.2) is 0 Å². The lowest BCUT2D eigenvalue weighted by atomic mass is 9.85. The zero-order valence-electron chi connectivity index (χ0n) is 15.0. The third kappa shape index (κ3) is 3.98. The van der Waals surface area contributed by atoms with Crippen LogP contribution in [0.4, 0.5) is 0 Å². The van der Waals surface area contributed by atoms with Crippen molar-refractivity contribution in [3.8, 4) is 0 Å². The number of amides is 2. The zero-order chi connectivity index (χ0) is 18.7. The van der Waals surface area contributed by atoms with Crippen LogP contribution in [0.25, 0.3) is 0 Å². The molecule has 1 atom stereocenters. The van der Waals surface area contributed by atoms with Crippen LogP contribution < -0.4 is 5.32 Å². The summed E-state index contributed by atoms with van der Waals surface area (Å²) >= 11 is 0. The first-order valence-corrected chi connectivity index (χ1v) is 9.12. The Morgan fingerprint density at radius 1 is 1.19 bits per heavy atom. The quantitative estimate of drug-likeness (QED) is 0.865. The maximum Gasteiger partial charge on any atom is 0.255 e. The molecule has 2 amide bonds. The standard InChI is InChI=1S/C20H22N4O3/c25-18(23-10-15-3-6-21-7-4-15)8-16-9-20(27-12-16)13-24(14-20)19(26)17-2-1-5-22-11-17/h1-7,11,16H,8-10,12-14H2,(H,23,25). The van der Waals surface area contributed by atoms with E-state index in [1.807, 2.05) is 12.1 Å². The summed E-state index contributed by atoms with van der Waals surface area (Å²) in [5.74, 6) is 0.203. The summed E-state index contributed by atoms with van der Waals surface area (Å²) in [5.41, 5.74) is 1.34. The number of nitrogens with zero attached hydrogens (tertiary/aromatic N) is 3. The minimum Gasteiger partial charge on any atom is -0.371 e. The Kier molecular flexibility index (Phi) is 4.85. The van der Waals surface area contributed by atoms with Crippen LogP contribution in [0.15, 0.2) is 49.1 Å². The normalized spacial score (nSPS) is 20.3. The molecule has 2 aliphatic rings. The highest BCUT2D eigenvalue weighted by Gasteiger charge is 2.51. The Morgan fingerprint density at radius 3 is 2.74 bits per heavy atom. The highest BCUT2D eigenvalue weighted by Crippen LogP contribution is 2.39. The SMILES string of the molecule is O=C(CC1COC2(C1)CN(C(=O)c1cccnc1)C2)NCc1ccncc1. The topological polar surface area (TPSA) is 84.4 Å². The molecule has 27 heavy (non-hydrogen) atoms. The molecule has 2 aromatic rings. The molecular formula is C20H22N4O3. The molecule has 1 spiro atoms. The summed E-state index contributed by atoms with van der Waals surface area (Å²) in [4.78, 5) is 34.3. The van der Waals surface area contributed by atoms with Gasteiger partial charge in [0, 0.05) is 37.8 Å². The van der Waals surface area contributed by atoms with Crippen molar-refractivity contribution in [3.63, 3.8) is 0 Å². The lowest BCUT2D eigenvalue weighted by molar-refractivity contribution is -0.122. The number of carbonyl (C=O) groups excluding carboxylic acids is 2. The van der Waals surface area contributed by atoms with Crippen LogP contribution in [0, 0.1) is 5.92 Å². The van der Waals surface area contributed by atoms with Crippen molar-refractivity contribution in [2.24, 2.45) is 5.92 Å². The van der Waals surface area contributed by atoms with Crippen LogP contribution in [0.1, 0.15) is 28.8 Å². The van der Waals surface area contributed by atoms with Crippen molar-refractivity contribution in [1.82, 2.24) is 20.2 Å². The van der Waals surface area contributed by atoms with Gasteiger partial charge in [-0.2, -0.15) is 0 Å². The van der Waals surface area contributed by atoms with Crippen LogP contribution >= 0.6 is 0 Å². The highest BCUT2D eigenvalue weighted by molar-refractivity contribution is 5.94. The molecule has 7 heteroatoms. The van der Waals surface area contributed by atoms with E-state index in [0.717, 1.165) is 12.0 Å². The van der Waals surface area contributed by atoms with Crippen molar-refractivity contribution in [2.45, 2.75) is 25.0 Å².